The van der Waals surface area contributed by atoms with Gasteiger partial charge in [0.25, 0.3) is 0 Å². The first kappa shape index (κ1) is 18.1. The Morgan fingerprint density at radius 3 is 2.58 bits per heavy atom. The minimum atomic E-state index is 0.0134. The summed E-state index contributed by atoms with van der Waals surface area (Å²) in [5.41, 5.74) is 2.41. The highest BCUT2D eigenvalue weighted by molar-refractivity contribution is 5.92. The van der Waals surface area contributed by atoms with Gasteiger partial charge >= 0.3 is 0 Å². The Balaban J connectivity index is 2.02. The van der Waals surface area contributed by atoms with E-state index >= 15 is 0 Å². The Morgan fingerprint density at radius 1 is 1.33 bits per heavy atom. The molecule has 6 nitrogen and oxygen atoms in total. The number of hydrogen-bond donors (Lipinski definition) is 1. The second-order valence-corrected chi connectivity index (χ2v) is 6.38. The summed E-state index contributed by atoms with van der Waals surface area (Å²) in [6.45, 7) is 8.84. The molecule has 1 aromatic rings. The quantitative estimate of drug-likeness (QED) is 0.835. The lowest BCUT2D eigenvalue weighted by Gasteiger charge is -2.31. The predicted molar refractivity (Wildman–Crippen MR) is 92.5 cm³/mol. The van der Waals surface area contributed by atoms with Gasteiger partial charge in [-0.3, -0.25) is 9.59 Å². The maximum Gasteiger partial charge on any atom is 0.248 e. The first-order chi connectivity index (χ1) is 11.4. The lowest BCUT2D eigenvalue weighted by atomic mass is 9.95. The highest BCUT2D eigenvalue weighted by atomic mass is 16.2. The van der Waals surface area contributed by atoms with E-state index in [1.54, 1.807) is 14.0 Å². The molecule has 0 radical (unpaired) electrons. The molecule has 2 rings (SSSR count). The fourth-order valence-corrected chi connectivity index (χ4v) is 2.95. The molecule has 1 N–H and O–H groups in total. The summed E-state index contributed by atoms with van der Waals surface area (Å²) in [4.78, 5) is 34.5. The molecular weight excluding hydrogens is 304 g/mol. The van der Waals surface area contributed by atoms with Crippen LogP contribution in [0.25, 0.3) is 0 Å². The summed E-state index contributed by atoms with van der Waals surface area (Å²) in [6.07, 6.45) is 2.76. The normalized spacial score (nSPS) is 15.2. The monoisotopic (exact) mass is 330 g/mol. The second kappa shape index (κ2) is 8.04. The summed E-state index contributed by atoms with van der Waals surface area (Å²) in [5, 5.41) is 2.63. The van der Waals surface area contributed by atoms with Gasteiger partial charge in [-0.25, -0.2) is 9.97 Å². The van der Waals surface area contributed by atoms with E-state index < -0.39 is 0 Å². The average molecular weight is 330 g/mol. The maximum atomic E-state index is 12.0. The van der Waals surface area contributed by atoms with Gasteiger partial charge in [0.1, 0.15) is 5.82 Å². The number of aryl methyl sites for hydroxylation is 2. The maximum absolute atomic E-state index is 12.0. The number of carbonyl (C=O) groups excluding carboxylic acids is 2. The molecule has 130 valence electrons. The van der Waals surface area contributed by atoms with Crippen molar-refractivity contribution in [3.05, 3.63) is 35.4 Å². The predicted octanol–water partition coefficient (Wildman–Crippen LogP) is 1.75. The molecule has 0 bridgehead atoms. The van der Waals surface area contributed by atoms with E-state index in [0.29, 0.717) is 31.5 Å². The van der Waals surface area contributed by atoms with Gasteiger partial charge in [-0.05, 0) is 39.2 Å². The number of nitrogens with one attached hydrogen (secondary N) is 1. The van der Waals surface area contributed by atoms with Crippen molar-refractivity contribution in [3.63, 3.8) is 0 Å². The van der Waals surface area contributed by atoms with Crippen LogP contribution in [0.15, 0.2) is 18.2 Å². The molecule has 1 aliphatic rings. The van der Waals surface area contributed by atoms with E-state index in [1.807, 2.05) is 17.9 Å². The van der Waals surface area contributed by atoms with Crippen LogP contribution in [0, 0.1) is 6.92 Å². The van der Waals surface area contributed by atoms with E-state index in [4.69, 9.17) is 0 Å². The van der Waals surface area contributed by atoms with Crippen LogP contribution in [0.5, 0.6) is 0 Å². The lowest BCUT2D eigenvalue weighted by Crippen LogP contribution is -2.38. The zero-order valence-corrected chi connectivity index (χ0v) is 14.8. The molecule has 0 saturated carbocycles. The summed E-state index contributed by atoms with van der Waals surface area (Å²) < 4.78 is 0. The van der Waals surface area contributed by atoms with Crippen LogP contribution in [0.4, 0.5) is 0 Å². The van der Waals surface area contributed by atoms with Crippen LogP contribution in [-0.4, -0.2) is 46.8 Å². The Kier molecular flexibility index (Phi) is 6.06. The van der Waals surface area contributed by atoms with E-state index in [-0.39, 0.29) is 17.7 Å². The van der Waals surface area contributed by atoms with Crippen LogP contribution < -0.4 is 5.32 Å². The van der Waals surface area contributed by atoms with Crippen LogP contribution in [0.3, 0.4) is 0 Å². The van der Waals surface area contributed by atoms with Crippen LogP contribution in [-0.2, 0) is 16.0 Å². The molecule has 1 fully saturated rings. The number of amides is 2. The molecule has 6 heteroatoms. The lowest BCUT2D eigenvalue weighted by molar-refractivity contribution is -0.128. The molecule has 1 saturated heterocycles. The molecule has 0 aromatic carbocycles. The van der Waals surface area contributed by atoms with E-state index in [2.05, 4.69) is 21.9 Å². The van der Waals surface area contributed by atoms with Crippen LogP contribution >= 0.6 is 0 Å². The Labute approximate surface area is 143 Å². The SMILES string of the molecule is C=C(C)C(=O)N1CCC(c2nc(C)cc(CCC(=O)NC)n2)CC1. The van der Waals surface area contributed by atoms with Crippen molar-refractivity contribution in [3.8, 4) is 0 Å². The van der Waals surface area contributed by atoms with Gasteiger partial charge in [-0.2, -0.15) is 0 Å². The minimum absolute atomic E-state index is 0.0134. The highest BCUT2D eigenvalue weighted by Crippen LogP contribution is 2.26. The van der Waals surface area contributed by atoms with Gasteiger partial charge in [0.15, 0.2) is 0 Å². The molecule has 24 heavy (non-hydrogen) atoms. The van der Waals surface area contributed by atoms with Gasteiger partial charge in [-0.1, -0.05) is 6.58 Å². The van der Waals surface area contributed by atoms with Gasteiger partial charge in [0.2, 0.25) is 11.8 Å². The van der Waals surface area contributed by atoms with Crippen molar-refractivity contribution >= 4 is 11.8 Å². The largest absolute Gasteiger partial charge is 0.359 e. The molecule has 1 aliphatic heterocycles. The third-order valence-electron chi connectivity index (χ3n) is 4.32. The Morgan fingerprint density at radius 2 is 2.00 bits per heavy atom. The zero-order chi connectivity index (χ0) is 17.7. The van der Waals surface area contributed by atoms with E-state index in [9.17, 15) is 9.59 Å². The van der Waals surface area contributed by atoms with Crippen molar-refractivity contribution in [2.75, 3.05) is 20.1 Å². The summed E-state index contributed by atoms with van der Waals surface area (Å²) >= 11 is 0. The topological polar surface area (TPSA) is 75.2 Å². The van der Waals surface area contributed by atoms with Crippen LogP contribution in [0.2, 0.25) is 0 Å². The van der Waals surface area contributed by atoms with Crippen molar-refractivity contribution in [1.82, 2.24) is 20.2 Å². The Bertz CT molecular complexity index is 634. The average Bonchev–Trinajstić information content (AvgIpc) is 2.58. The molecule has 2 amide bonds. The zero-order valence-electron chi connectivity index (χ0n) is 14.8. The molecule has 0 unspecified atom stereocenters. The molecule has 0 aliphatic carbocycles. The fraction of sp³-hybridized carbons (Fsp3) is 0.556. The van der Waals surface area contributed by atoms with Gasteiger partial charge in [0.05, 0.1) is 0 Å². The highest BCUT2D eigenvalue weighted by Gasteiger charge is 2.26. The molecule has 0 atom stereocenters. The first-order valence-electron chi connectivity index (χ1n) is 8.40. The third kappa shape index (κ3) is 4.63. The van der Waals surface area contributed by atoms with E-state index in [0.717, 1.165) is 30.1 Å². The Hall–Kier alpha value is -2.24. The number of rotatable bonds is 5. The van der Waals surface area contributed by atoms with Crippen molar-refractivity contribution < 1.29 is 9.59 Å². The summed E-state index contributed by atoms with van der Waals surface area (Å²) in [7, 11) is 1.64. The van der Waals surface area contributed by atoms with E-state index in [1.165, 1.54) is 0 Å². The van der Waals surface area contributed by atoms with Crippen molar-refractivity contribution in [2.24, 2.45) is 0 Å². The summed E-state index contributed by atoms with van der Waals surface area (Å²) in [6, 6.07) is 1.94. The van der Waals surface area contributed by atoms with Crippen LogP contribution in [0.1, 0.15) is 49.3 Å². The molecule has 2 heterocycles. The smallest absolute Gasteiger partial charge is 0.248 e. The van der Waals surface area contributed by atoms with Crippen molar-refractivity contribution in [2.45, 2.75) is 45.4 Å². The number of aromatic nitrogens is 2. The number of hydrogen-bond acceptors (Lipinski definition) is 4. The standard InChI is InChI=1S/C18H26N4O2/c1-12(2)18(24)22-9-7-14(8-10-22)17-20-13(3)11-15(21-17)5-6-16(23)19-4/h11,14H,1,5-10H2,2-4H3,(H,19,23). The number of likely N-dealkylation sites (tertiary alicyclic amines) is 1. The first-order valence-corrected chi connectivity index (χ1v) is 8.40. The second-order valence-electron chi connectivity index (χ2n) is 6.38. The minimum Gasteiger partial charge on any atom is -0.359 e. The third-order valence-corrected chi connectivity index (χ3v) is 4.32. The van der Waals surface area contributed by atoms with Gasteiger partial charge < -0.3 is 10.2 Å². The fourth-order valence-electron chi connectivity index (χ4n) is 2.95. The summed E-state index contributed by atoms with van der Waals surface area (Å²) in [5.74, 6) is 1.14. The number of piperidine rings is 1. The van der Waals surface area contributed by atoms with Gasteiger partial charge in [0, 0.05) is 49.4 Å². The molecule has 0 spiro atoms. The number of carbonyl (C=O) groups is 2. The number of nitrogens with zero attached hydrogens (tertiary/aromatic N) is 3. The van der Waals surface area contributed by atoms with Crippen molar-refractivity contribution in [1.29, 1.82) is 0 Å². The molecular formula is C18H26N4O2. The molecule has 1 aromatic heterocycles. The van der Waals surface area contributed by atoms with Gasteiger partial charge in [-0.15, -0.1) is 0 Å².